The third-order valence-electron chi connectivity index (χ3n) is 4.42. The summed E-state index contributed by atoms with van der Waals surface area (Å²) < 4.78 is 17.7. The molecule has 0 aromatic heterocycles. The highest BCUT2D eigenvalue weighted by Gasteiger charge is 2.48. The van der Waals surface area contributed by atoms with Crippen LogP contribution in [0.15, 0.2) is 22.2 Å². The third kappa shape index (κ3) is 2.36. The minimum atomic E-state index is -0.376. The number of esters is 1. The largest absolute Gasteiger partial charge is 0.462 e. The molecule has 1 heterocycles. The number of hydrogen-bond donors (Lipinski definition) is 0. The highest BCUT2D eigenvalue weighted by atomic mass is 79.9. The molecule has 0 N–H and O–H groups in total. The fourth-order valence-electron chi connectivity index (χ4n) is 3.27. The van der Waals surface area contributed by atoms with Crippen molar-refractivity contribution in [2.24, 2.45) is 5.41 Å². The van der Waals surface area contributed by atoms with Crippen LogP contribution < -0.4 is 0 Å². The van der Waals surface area contributed by atoms with Gasteiger partial charge in [-0.15, -0.1) is 0 Å². The molecule has 0 atom stereocenters. The first-order chi connectivity index (χ1) is 9.59. The van der Waals surface area contributed by atoms with Crippen LogP contribution in [-0.2, 0) is 19.0 Å². The summed E-state index contributed by atoms with van der Waals surface area (Å²) >= 11 is 3.63. The summed E-state index contributed by atoms with van der Waals surface area (Å²) in [5, 5.41) is 0. The van der Waals surface area contributed by atoms with Gasteiger partial charge in [0, 0.05) is 22.7 Å². The summed E-state index contributed by atoms with van der Waals surface area (Å²) in [6.45, 7) is 3.60. The van der Waals surface area contributed by atoms with E-state index in [2.05, 4.69) is 22.0 Å². The lowest BCUT2D eigenvalue weighted by molar-refractivity contribution is -0.184. The molecule has 0 amide bonds. The van der Waals surface area contributed by atoms with E-state index in [9.17, 15) is 4.79 Å². The predicted octanol–water partition coefficient (Wildman–Crippen LogP) is 3.07. The van der Waals surface area contributed by atoms with Gasteiger partial charge in [0.05, 0.1) is 25.4 Å². The van der Waals surface area contributed by atoms with Crippen molar-refractivity contribution in [3.05, 3.63) is 22.2 Å². The first-order valence-electron chi connectivity index (χ1n) is 7.15. The molecule has 1 saturated carbocycles. The lowest BCUT2D eigenvalue weighted by atomic mass is 9.73. The first kappa shape index (κ1) is 14.3. The molecule has 2 fully saturated rings. The minimum Gasteiger partial charge on any atom is -0.462 e. The van der Waals surface area contributed by atoms with Crippen molar-refractivity contribution in [3.63, 3.8) is 0 Å². The Morgan fingerprint density at radius 1 is 1.30 bits per heavy atom. The van der Waals surface area contributed by atoms with E-state index < -0.39 is 0 Å². The molecule has 4 nitrogen and oxygen atoms in total. The highest BCUT2D eigenvalue weighted by molar-refractivity contribution is 9.11. The summed E-state index contributed by atoms with van der Waals surface area (Å²) in [5.41, 5.74) is 0.575. The Kier molecular flexibility index (Phi) is 3.77. The number of allylic oxidation sites excluding steroid dienone is 2. The van der Waals surface area contributed by atoms with Crippen molar-refractivity contribution in [3.8, 4) is 0 Å². The first-order valence-corrected chi connectivity index (χ1v) is 7.94. The standard InChI is InChI=1S/C15H19BrO4/c1-2-18-13(17)11-9-12(16)14(10-11)3-5-15(6-4-14)19-7-8-20-15/h9-10H,2-8H2,1H3. The van der Waals surface area contributed by atoms with Gasteiger partial charge in [-0.3, -0.25) is 0 Å². The van der Waals surface area contributed by atoms with Crippen LogP contribution in [0.5, 0.6) is 0 Å². The fourth-order valence-corrected chi connectivity index (χ4v) is 4.02. The molecule has 1 aliphatic heterocycles. The summed E-state index contributed by atoms with van der Waals surface area (Å²) in [6.07, 6.45) is 7.52. The van der Waals surface area contributed by atoms with E-state index in [0.717, 1.165) is 30.2 Å². The molecular weight excluding hydrogens is 324 g/mol. The highest BCUT2D eigenvalue weighted by Crippen LogP contribution is 2.54. The molecule has 0 aromatic carbocycles. The van der Waals surface area contributed by atoms with E-state index in [1.54, 1.807) is 0 Å². The van der Waals surface area contributed by atoms with Gasteiger partial charge in [-0.1, -0.05) is 22.0 Å². The van der Waals surface area contributed by atoms with Crippen molar-refractivity contribution in [2.45, 2.75) is 38.4 Å². The SMILES string of the molecule is CCOC(=O)C1=CC2(CCC3(CC2)OCCO3)C(Br)=C1. The van der Waals surface area contributed by atoms with Gasteiger partial charge in [0.15, 0.2) is 5.79 Å². The fraction of sp³-hybridized carbons (Fsp3) is 0.667. The zero-order valence-electron chi connectivity index (χ0n) is 11.6. The summed E-state index contributed by atoms with van der Waals surface area (Å²) in [7, 11) is 0. The van der Waals surface area contributed by atoms with Crippen LogP contribution >= 0.6 is 15.9 Å². The van der Waals surface area contributed by atoms with Crippen LogP contribution in [-0.4, -0.2) is 31.6 Å². The van der Waals surface area contributed by atoms with Crippen LogP contribution in [0, 0.1) is 5.41 Å². The normalized spacial score (nSPS) is 26.7. The minimum absolute atomic E-state index is 0.0807. The summed E-state index contributed by atoms with van der Waals surface area (Å²) in [6, 6.07) is 0. The summed E-state index contributed by atoms with van der Waals surface area (Å²) in [4.78, 5) is 11.9. The van der Waals surface area contributed by atoms with Gasteiger partial charge in [-0.25, -0.2) is 4.79 Å². The molecule has 0 bridgehead atoms. The van der Waals surface area contributed by atoms with Gasteiger partial charge in [0.1, 0.15) is 0 Å². The van der Waals surface area contributed by atoms with Crippen molar-refractivity contribution in [1.29, 1.82) is 0 Å². The summed E-state index contributed by atoms with van der Waals surface area (Å²) in [5.74, 6) is -0.617. The van der Waals surface area contributed by atoms with Gasteiger partial charge in [0.25, 0.3) is 0 Å². The number of ether oxygens (including phenoxy) is 3. The second-order valence-corrected chi connectivity index (χ2v) is 6.43. The number of halogens is 1. The van der Waals surface area contributed by atoms with Gasteiger partial charge < -0.3 is 14.2 Å². The number of carbonyl (C=O) groups is 1. The lowest BCUT2D eigenvalue weighted by Crippen LogP contribution is -2.39. The van der Waals surface area contributed by atoms with E-state index in [0.29, 0.717) is 25.4 Å². The van der Waals surface area contributed by atoms with Crippen molar-refractivity contribution >= 4 is 21.9 Å². The smallest absolute Gasteiger partial charge is 0.337 e. The topological polar surface area (TPSA) is 44.8 Å². The molecule has 5 heteroatoms. The van der Waals surface area contributed by atoms with Gasteiger partial charge in [0.2, 0.25) is 0 Å². The third-order valence-corrected chi connectivity index (χ3v) is 5.44. The molecule has 0 unspecified atom stereocenters. The Bertz CT molecular complexity index is 464. The Balaban J connectivity index is 1.74. The maximum Gasteiger partial charge on any atom is 0.337 e. The van der Waals surface area contributed by atoms with Crippen LogP contribution in [0.1, 0.15) is 32.6 Å². The molecule has 3 rings (SSSR count). The molecule has 0 radical (unpaired) electrons. The van der Waals surface area contributed by atoms with Crippen molar-refractivity contribution in [1.82, 2.24) is 0 Å². The molecule has 1 saturated heterocycles. The van der Waals surface area contributed by atoms with Gasteiger partial charge in [-0.2, -0.15) is 0 Å². The van der Waals surface area contributed by atoms with Crippen molar-refractivity contribution < 1.29 is 19.0 Å². The van der Waals surface area contributed by atoms with Crippen LogP contribution in [0.3, 0.4) is 0 Å². The van der Waals surface area contributed by atoms with E-state index >= 15 is 0 Å². The Labute approximate surface area is 127 Å². The number of hydrogen-bond acceptors (Lipinski definition) is 4. The maximum absolute atomic E-state index is 11.9. The molecule has 2 aliphatic carbocycles. The molecule has 20 heavy (non-hydrogen) atoms. The van der Waals surface area contributed by atoms with E-state index in [-0.39, 0.29) is 17.2 Å². The molecule has 3 aliphatic rings. The lowest BCUT2D eigenvalue weighted by Gasteiger charge is -2.41. The van der Waals surface area contributed by atoms with E-state index in [1.807, 2.05) is 13.0 Å². The van der Waals surface area contributed by atoms with E-state index in [1.165, 1.54) is 0 Å². The molecule has 110 valence electrons. The predicted molar refractivity (Wildman–Crippen MR) is 77.3 cm³/mol. The van der Waals surface area contributed by atoms with Crippen LogP contribution in [0.2, 0.25) is 0 Å². The monoisotopic (exact) mass is 342 g/mol. The average Bonchev–Trinajstić information content (AvgIpc) is 3.01. The zero-order chi connectivity index (χ0) is 14.2. The second kappa shape index (κ2) is 5.28. The Morgan fingerprint density at radius 3 is 2.55 bits per heavy atom. The number of carbonyl (C=O) groups excluding carboxylic acids is 1. The van der Waals surface area contributed by atoms with Crippen LogP contribution in [0.4, 0.5) is 0 Å². The zero-order valence-corrected chi connectivity index (χ0v) is 13.2. The number of rotatable bonds is 2. The Morgan fingerprint density at radius 2 is 1.95 bits per heavy atom. The average molecular weight is 343 g/mol. The Hall–Kier alpha value is -0.650. The van der Waals surface area contributed by atoms with Gasteiger partial charge >= 0.3 is 5.97 Å². The van der Waals surface area contributed by atoms with E-state index in [4.69, 9.17) is 14.2 Å². The quantitative estimate of drug-likeness (QED) is 0.723. The molecule has 2 spiro atoms. The van der Waals surface area contributed by atoms with Crippen molar-refractivity contribution in [2.75, 3.05) is 19.8 Å². The maximum atomic E-state index is 11.9. The second-order valence-electron chi connectivity index (χ2n) is 5.58. The van der Waals surface area contributed by atoms with Gasteiger partial charge in [-0.05, 0) is 25.8 Å². The van der Waals surface area contributed by atoms with Crippen LogP contribution in [0.25, 0.3) is 0 Å². The molecule has 0 aromatic rings. The molecular formula is C15H19BrO4.